The van der Waals surface area contributed by atoms with Gasteiger partial charge in [-0.25, -0.2) is 0 Å². The molecule has 0 bridgehead atoms. The number of carbonyl (C=O) groups excluding carboxylic acids is 1. The molecule has 1 aliphatic rings. The minimum Gasteiger partial charge on any atom is -0.372 e. The Bertz CT molecular complexity index is 928. The van der Waals surface area contributed by atoms with Crippen LogP contribution in [-0.4, -0.2) is 24.0 Å². The maximum absolute atomic E-state index is 12.3. The summed E-state index contributed by atoms with van der Waals surface area (Å²) < 4.78 is 0. The molecule has 2 heterocycles. The molecule has 1 N–H and O–H groups in total. The third-order valence-electron chi connectivity index (χ3n) is 5.42. The molecule has 0 unspecified atom stereocenters. The fraction of sp³-hybridized carbons (Fsp3) is 0.333. The van der Waals surface area contributed by atoms with Crippen LogP contribution in [-0.2, 0) is 11.2 Å². The zero-order valence-corrected chi connectivity index (χ0v) is 16.2. The van der Waals surface area contributed by atoms with Crippen LogP contribution >= 0.6 is 0 Å². The lowest BCUT2D eigenvalue weighted by atomic mass is 10.1. The number of fused-ring (bicyclic) bond motifs is 1. The van der Waals surface area contributed by atoms with Crippen LogP contribution < -0.4 is 10.2 Å². The van der Waals surface area contributed by atoms with E-state index in [0.717, 1.165) is 36.1 Å². The predicted molar refractivity (Wildman–Crippen MR) is 116 cm³/mol. The highest BCUT2D eigenvalue weighted by Gasteiger charge is 2.10. The molecule has 0 radical (unpaired) electrons. The molecule has 0 atom stereocenters. The average molecular weight is 374 g/mol. The number of hydrogen-bond donors (Lipinski definition) is 1. The van der Waals surface area contributed by atoms with Gasteiger partial charge in [0.15, 0.2) is 0 Å². The van der Waals surface area contributed by atoms with Crippen molar-refractivity contribution in [1.29, 1.82) is 0 Å². The van der Waals surface area contributed by atoms with Gasteiger partial charge in [0, 0.05) is 30.6 Å². The second kappa shape index (κ2) is 8.87. The van der Waals surface area contributed by atoms with Crippen molar-refractivity contribution in [1.82, 2.24) is 4.98 Å². The quantitative estimate of drug-likeness (QED) is 0.670. The van der Waals surface area contributed by atoms with E-state index in [0.29, 0.717) is 6.42 Å². The molecular formula is C24H27N3O. The van der Waals surface area contributed by atoms with Crippen molar-refractivity contribution in [2.75, 3.05) is 23.3 Å². The summed E-state index contributed by atoms with van der Waals surface area (Å²) in [5.74, 6) is 0.0219. The van der Waals surface area contributed by atoms with Gasteiger partial charge in [-0.1, -0.05) is 43.2 Å². The first-order valence-electron chi connectivity index (χ1n) is 10.3. The van der Waals surface area contributed by atoms with Gasteiger partial charge in [0.2, 0.25) is 5.91 Å². The second-order valence-electron chi connectivity index (χ2n) is 7.53. The van der Waals surface area contributed by atoms with Crippen LogP contribution in [0, 0.1) is 0 Å². The van der Waals surface area contributed by atoms with Crippen molar-refractivity contribution in [3.63, 3.8) is 0 Å². The summed E-state index contributed by atoms with van der Waals surface area (Å²) in [6, 6.07) is 18.6. The summed E-state index contributed by atoms with van der Waals surface area (Å²) in [7, 11) is 0. The Morgan fingerprint density at radius 1 is 0.964 bits per heavy atom. The molecule has 28 heavy (non-hydrogen) atoms. The maximum atomic E-state index is 12.3. The Hall–Kier alpha value is -2.88. The number of benzene rings is 2. The molecule has 0 aliphatic carbocycles. The highest BCUT2D eigenvalue weighted by atomic mass is 16.1. The van der Waals surface area contributed by atoms with Crippen molar-refractivity contribution in [3.8, 4) is 0 Å². The first kappa shape index (κ1) is 18.5. The number of hydrogen-bond acceptors (Lipinski definition) is 3. The van der Waals surface area contributed by atoms with Crippen LogP contribution in [0.3, 0.4) is 0 Å². The first-order chi connectivity index (χ1) is 13.8. The number of nitrogens with one attached hydrogen (secondary N) is 1. The molecule has 4 heteroatoms. The molecular weight excluding hydrogens is 346 g/mol. The monoisotopic (exact) mass is 373 g/mol. The number of pyridine rings is 1. The second-order valence-corrected chi connectivity index (χ2v) is 7.53. The molecule has 1 saturated heterocycles. The molecule has 1 aromatic heterocycles. The van der Waals surface area contributed by atoms with Gasteiger partial charge in [0.05, 0.1) is 17.4 Å². The molecule has 1 aliphatic heterocycles. The topological polar surface area (TPSA) is 45.2 Å². The molecule has 1 fully saturated rings. The van der Waals surface area contributed by atoms with Crippen LogP contribution in [0.1, 0.15) is 37.7 Å². The van der Waals surface area contributed by atoms with Crippen molar-refractivity contribution in [2.24, 2.45) is 0 Å². The number of anilines is 2. The summed E-state index contributed by atoms with van der Waals surface area (Å²) in [4.78, 5) is 19.2. The summed E-state index contributed by atoms with van der Waals surface area (Å²) in [6.45, 7) is 2.31. The Morgan fingerprint density at radius 2 is 1.71 bits per heavy atom. The van der Waals surface area contributed by atoms with Crippen LogP contribution in [0.4, 0.5) is 11.4 Å². The summed E-state index contributed by atoms with van der Waals surface area (Å²) in [6.07, 6.45) is 8.18. The lowest BCUT2D eigenvalue weighted by molar-refractivity contribution is -0.116. The Labute approximate surface area is 166 Å². The maximum Gasteiger partial charge on any atom is 0.224 e. The number of amides is 1. The first-order valence-corrected chi connectivity index (χ1v) is 10.3. The van der Waals surface area contributed by atoms with E-state index in [1.807, 2.05) is 30.3 Å². The predicted octanol–water partition coefficient (Wildman–Crippen LogP) is 5.19. The number of carbonyl (C=O) groups is 1. The van der Waals surface area contributed by atoms with Gasteiger partial charge in [-0.15, -0.1) is 0 Å². The zero-order chi connectivity index (χ0) is 19.2. The van der Waals surface area contributed by atoms with E-state index in [1.165, 1.54) is 36.9 Å². The van der Waals surface area contributed by atoms with Crippen LogP contribution in [0.25, 0.3) is 10.9 Å². The number of rotatable bonds is 5. The highest BCUT2D eigenvalue weighted by Crippen LogP contribution is 2.21. The Kier molecular flexibility index (Phi) is 5.86. The van der Waals surface area contributed by atoms with E-state index in [4.69, 9.17) is 0 Å². The minimum atomic E-state index is 0.0219. The van der Waals surface area contributed by atoms with E-state index in [9.17, 15) is 4.79 Å². The van der Waals surface area contributed by atoms with E-state index in [-0.39, 0.29) is 5.91 Å². The lowest BCUT2D eigenvalue weighted by Crippen LogP contribution is -2.23. The van der Waals surface area contributed by atoms with Crippen LogP contribution in [0.2, 0.25) is 0 Å². The van der Waals surface area contributed by atoms with Crippen molar-refractivity contribution >= 4 is 28.2 Å². The zero-order valence-electron chi connectivity index (χ0n) is 16.2. The number of para-hydroxylation sites is 1. The van der Waals surface area contributed by atoms with E-state index in [2.05, 4.69) is 39.5 Å². The van der Waals surface area contributed by atoms with Crippen molar-refractivity contribution in [2.45, 2.75) is 38.5 Å². The van der Waals surface area contributed by atoms with Gasteiger partial charge < -0.3 is 10.2 Å². The normalized spacial score (nSPS) is 14.6. The van der Waals surface area contributed by atoms with Gasteiger partial charge in [-0.05, 0) is 49.1 Å². The van der Waals surface area contributed by atoms with Gasteiger partial charge in [0.25, 0.3) is 0 Å². The fourth-order valence-electron chi connectivity index (χ4n) is 3.82. The van der Waals surface area contributed by atoms with Crippen LogP contribution in [0.5, 0.6) is 0 Å². The SMILES string of the molecule is O=C(CCc1ccc(N2CCCCCC2)cc1)Nc1cnc2ccccc2c1. The largest absolute Gasteiger partial charge is 0.372 e. The van der Waals surface area contributed by atoms with Crippen LogP contribution in [0.15, 0.2) is 60.8 Å². The molecule has 0 spiro atoms. The average Bonchev–Trinajstić information content (AvgIpc) is 3.02. The Balaban J connectivity index is 1.31. The van der Waals surface area contributed by atoms with Gasteiger partial charge in [0.1, 0.15) is 0 Å². The van der Waals surface area contributed by atoms with Crippen molar-refractivity contribution < 1.29 is 4.79 Å². The standard InChI is InChI=1S/C24H27N3O/c28-24(26-21-17-20-7-3-4-8-23(20)25-18-21)14-11-19-9-12-22(13-10-19)27-15-5-1-2-6-16-27/h3-4,7-10,12-13,17-18H,1-2,5-6,11,14-16H2,(H,26,28). The molecule has 4 rings (SSSR count). The summed E-state index contributed by atoms with van der Waals surface area (Å²) in [5.41, 5.74) is 4.19. The van der Waals surface area contributed by atoms with Crippen molar-refractivity contribution in [3.05, 3.63) is 66.4 Å². The minimum absolute atomic E-state index is 0.0219. The Morgan fingerprint density at radius 3 is 2.50 bits per heavy atom. The number of aryl methyl sites for hydroxylation is 1. The third kappa shape index (κ3) is 4.69. The number of nitrogens with zero attached hydrogens (tertiary/aromatic N) is 2. The highest BCUT2D eigenvalue weighted by molar-refractivity contribution is 5.93. The van der Waals surface area contributed by atoms with E-state index in [1.54, 1.807) is 6.20 Å². The van der Waals surface area contributed by atoms with Gasteiger partial charge in [-0.3, -0.25) is 9.78 Å². The van der Waals surface area contributed by atoms with Gasteiger partial charge >= 0.3 is 0 Å². The molecule has 144 valence electrons. The molecule has 3 aromatic rings. The lowest BCUT2D eigenvalue weighted by Gasteiger charge is -2.22. The molecule has 2 aromatic carbocycles. The smallest absolute Gasteiger partial charge is 0.224 e. The van der Waals surface area contributed by atoms with E-state index < -0.39 is 0 Å². The molecule has 0 saturated carbocycles. The van der Waals surface area contributed by atoms with E-state index >= 15 is 0 Å². The summed E-state index contributed by atoms with van der Waals surface area (Å²) >= 11 is 0. The fourth-order valence-corrected chi connectivity index (χ4v) is 3.82. The molecule has 1 amide bonds. The van der Waals surface area contributed by atoms with Gasteiger partial charge in [-0.2, -0.15) is 0 Å². The summed E-state index contributed by atoms with van der Waals surface area (Å²) in [5, 5.41) is 4.00. The third-order valence-corrected chi connectivity index (χ3v) is 5.42. The molecule has 4 nitrogen and oxygen atoms in total. The number of aromatic nitrogens is 1.